The van der Waals surface area contributed by atoms with Gasteiger partial charge in [-0.3, -0.25) is 4.90 Å². The molecular formula is C13H17NO3S2. The summed E-state index contributed by atoms with van der Waals surface area (Å²) in [5.41, 5.74) is 0.904. The molecule has 0 saturated carbocycles. The normalized spacial score (nSPS) is 21.3. The molecule has 0 radical (unpaired) electrons. The van der Waals surface area contributed by atoms with Gasteiger partial charge in [0.25, 0.3) is 0 Å². The molecule has 0 spiro atoms. The van der Waals surface area contributed by atoms with Crippen LogP contribution in [0.5, 0.6) is 0 Å². The van der Waals surface area contributed by atoms with Gasteiger partial charge in [0.1, 0.15) is 6.61 Å². The van der Waals surface area contributed by atoms with Crippen molar-refractivity contribution in [3.05, 3.63) is 21.9 Å². The molecule has 1 atom stereocenters. The zero-order valence-corrected chi connectivity index (χ0v) is 12.4. The summed E-state index contributed by atoms with van der Waals surface area (Å²) in [5, 5.41) is 10.6. The van der Waals surface area contributed by atoms with E-state index in [0.717, 1.165) is 23.4 Å². The van der Waals surface area contributed by atoms with Gasteiger partial charge in [0, 0.05) is 28.4 Å². The number of thiophene rings is 1. The number of aliphatic hydroxyl groups is 1. The van der Waals surface area contributed by atoms with Gasteiger partial charge < -0.3 is 5.11 Å². The SMILES string of the molecule is CN(Cc1cc(C#CCO)cs1)C1CCS(=O)(=O)C1. The fourth-order valence-electron chi connectivity index (χ4n) is 2.17. The molecule has 19 heavy (non-hydrogen) atoms. The maximum atomic E-state index is 11.5. The molecule has 1 aromatic heterocycles. The van der Waals surface area contributed by atoms with Gasteiger partial charge in [0.2, 0.25) is 0 Å². The lowest BCUT2D eigenvalue weighted by molar-refractivity contribution is 0.256. The second kappa shape index (κ2) is 6.06. The molecule has 0 aliphatic carbocycles. The van der Waals surface area contributed by atoms with Crippen molar-refractivity contribution in [2.75, 3.05) is 25.2 Å². The quantitative estimate of drug-likeness (QED) is 0.835. The van der Waals surface area contributed by atoms with Crippen LogP contribution in [0.2, 0.25) is 0 Å². The van der Waals surface area contributed by atoms with E-state index in [1.807, 2.05) is 18.5 Å². The number of rotatable bonds is 3. The summed E-state index contributed by atoms with van der Waals surface area (Å²) in [4.78, 5) is 3.26. The average Bonchev–Trinajstić information content (AvgIpc) is 2.93. The summed E-state index contributed by atoms with van der Waals surface area (Å²) in [5.74, 6) is 6.06. The molecule has 1 aliphatic rings. The van der Waals surface area contributed by atoms with Crippen LogP contribution >= 0.6 is 11.3 Å². The van der Waals surface area contributed by atoms with Gasteiger partial charge in [-0.15, -0.1) is 11.3 Å². The smallest absolute Gasteiger partial charge is 0.151 e. The maximum absolute atomic E-state index is 11.5. The van der Waals surface area contributed by atoms with Crippen molar-refractivity contribution in [2.45, 2.75) is 19.0 Å². The van der Waals surface area contributed by atoms with E-state index in [9.17, 15) is 8.42 Å². The van der Waals surface area contributed by atoms with Gasteiger partial charge in [0.05, 0.1) is 11.5 Å². The predicted octanol–water partition coefficient (Wildman–Crippen LogP) is 0.711. The van der Waals surface area contributed by atoms with Crippen LogP contribution < -0.4 is 0 Å². The third-order valence-corrected chi connectivity index (χ3v) is 5.87. The van der Waals surface area contributed by atoms with Crippen LogP contribution in [0.15, 0.2) is 11.4 Å². The van der Waals surface area contributed by atoms with Crippen LogP contribution in [0.3, 0.4) is 0 Å². The molecule has 1 aliphatic heterocycles. The monoisotopic (exact) mass is 299 g/mol. The number of nitrogens with zero attached hydrogens (tertiary/aromatic N) is 1. The Hall–Kier alpha value is -0.870. The summed E-state index contributed by atoms with van der Waals surface area (Å²) in [6, 6.07) is 2.12. The maximum Gasteiger partial charge on any atom is 0.151 e. The molecule has 1 aromatic rings. The summed E-state index contributed by atoms with van der Waals surface area (Å²) >= 11 is 1.61. The third kappa shape index (κ3) is 4.05. The first-order valence-electron chi connectivity index (χ1n) is 6.08. The first-order valence-corrected chi connectivity index (χ1v) is 8.78. The molecule has 1 unspecified atom stereocenters. The molecule has 2 rings (SSSR count). The van der Waals surface area contributed by atoms with E-state index in [0.29, 0.717) is 5.75 Å². The molecule has 0 aromatic carbocycles. The zero-order valence-electron chi connectivity index (χ0n) is 10.8. The number of hydrogen-bond acceptors (Lipinski definition) is 5. The lowest BCUT2D eigenvalue weighted by atomic mass is 10.2. The summed E-state index contributed by atoms with van der Waals surface area (Å²) in [6.45, 7) is 0.608. The molecule has 0 amide bonds. The molecular weight excluding hydrogens is 282 g/mol. The first kappa shape index (κ1) is 14.5. The Morgan fingerprint density at radius 2 is 2.37 bits per heavy atom. The minimum absolute atomic E-state index is 0.124. The largest absolute Gasteiger partial charge is 0.384 e. The van der Waals surface area contributed by atoms with E-state index in [4.69, 9.17) is 5.11 Å². The van der Waals surface area contributed by atoms with Crippen molar-refractivity contribution in [3.8, 4) is 11.8 Å². The first-order chi connectivity index (χ1) is 9.00. The van der Waals surface area contributed by atoms with Gasteiger partial charge in [-0.2, -0.15) is 0 Å². The Morgan fingerprint density at radius 1 is 1.58 bits per heavy atom. The average molecular weight is 299 g/mol. The molecule has 4 nitrogen and oxygen atoms in total. The van der Waals surface area contributed by atoms with E-state index in [-0.39, 0.29) is 18.4 Å². The number of hydrogen-bond donors (Lipinski definition) is 1. The molecule has 1 fully saturated rings. The highest BCUT2D eigenvalue weighted by atomic mass is 32.2. The second-order valence-electron chi connectivity index (χ2n) is 4.73. The summed E-state index contributed by atoms with van der Waals surface area (Å²) in [7, 11) is -0.865. The summed E-state index contributed by atoms with van der Waals surface area (Å²) in [6.07, 6.45) is 0.724. The van der Waals surface area contributed by atoms with Crippen molar-refractivity contribution in [1.82, 2.24) is 4.90 Å². The van der Waals surface area contributed by atoms with E-state index >= 15 is 0 Å². The molecule has 1 N–H and O–H groups in total. The Labute approximate surface area is 118 Å². The molecule has 0 bridgehead atoms. The molecule has 104 valence electrons. The van der Waals surface area contributed by atoms with E-state index < -0.39 is 9.84 Å². The lowest BCUT2D eigenvalue weighted by Gasteiger charge is -2.22. The third-order valence-electron chi connectivity index (χ3n) is 3.20. The minimum Gasteiger partial charge on any atom is -0.384 e. The van der Waals surface area contributed by atoms with Gasteiger partial charge in [0.15, 0.2) is 9.84 Å². The van der Waals surface area contributed by atoms with E-state index in [1.54, 1.807) is 11.3 Å². The highest BCUT2D eigenvalue weighted by Crippen LogP contribution is 2.21. The molecule has 1 saturated heterocycles. The van der Waals surface area contributed by atoms with E-state index in [1.165, 1.54) is 0 Å². The van der Waals surface area contributed by atoms with Crippen LogP contribution in [-0.2, 0) is 16.4 Å². The van der Waals surface area contributed by atoms with Crippen molar-refractivity contribution >= 4 is 21.2 Å². The molecule has 2 heterocycles. The van der Waals surface area contributed by atoms with Crippen LogP contribution in [0.1, 0.15) is 16.9 Å². The second-order valence-corrected chi connectivity index (χ2v) is 7.96. The minimum atomic E-state index is -2.83. The Morgan fingerprint density at radius 3 is 3.00 bits per heavy atom. The Kier molecular flexibility index (Phi) is 4.63. The van der Waals surface area contributed by atoms with Crippen molar-refractivity contribution in [2.24, 2.45) is 0 Å². The van der Waals surface area contributed by atoms with Crippen LogP contribution in [0.25, 0.3) is 0 Å². The van der Waals surface area contributed by atoms with Gasteiger partial charge in [-0.1, -0.05) is 11.8 Å². The van der Waals surface area contributed by atoms with Gasteiger partial charge in [-0.25, -0.2) is 8.42 Å². The highest BCUT2D eigenvalue weighted by molar-refractivity contribution is 7.91. The van der Waals surface area contributed by atoms with Crippen molar-refractivity contribution in [3.63, 3.8) is 0 Å². The van der Waals surface area contributed by atoms with Crippen LogP contribution in [-0.4, -0.2) is 49.6 Å². The van der Waals surface area contributed by atoms with E-state index in [2.05, 4.69) is 16.7 Å². The Bertz CT molecular complexity index is 595. The van der Waals surface area contributed by atoms with Crippen molar-refractivity contribution < 1.29 is 13.5 Å². The topological polar surface area (TPSA) is 57.6 Å². The van der Waals surface area contributed by atoms with Gasteiger partial charge >= 0.3 is 0 Å². The van der Waals surface area contributed by atoms with Crippen LogP contribution in [0, 0.1) is 11.8 Å². The zero-order chi connectivity index (χ0) is 13.9. The number of sulfone groups is 1. The summed E-state index contributed by atoms with van der Waals surface area (Å²) < 4.78 is 22.9. The van der Waals surface area contributed by atoms with Gasteiger partial charge in [-0.05, 0) is 19.5 Å². The standard InChI is InChI=1S/C13H17NO3S2/c1-14(12-4-6-19(16,17)10-12)8-13-7-11(9-18-13)3-2-5-15/h7,9,12,15H,4-6,8,10H2,1H3. The highest BCUT2D eigenvalue weighted by Gasteiger charge is 2.30. The predicted molar refractivity (Wildman–Crippen MR) is 76.8 cm³/mol. The fraction of sp³-hybridized carbons (Fsp3) is 0.538. The fourth-order valence-corrected chi connectivity index (χ4v) is 4.85. The Balaban J connectivity index is 1.96. The van der Waals surface area contributed by atoms with Crippen molar-refractivity contribution in [1.29, 1.82) is 0 Å². The lowest BCUT2D eigenvalue weighted by Crippen LogP contribution is -2.31. The van der Waals surface area contributed by atoms with Crippen LogP contribution in [0.4, 0.5) is 0 Å². The molecule has 6 heteroatoms. The number of aliphatic hydroxyl groups excluding tert-OH is 1.